The van der Waals surface area contributed by atoms with Gasteiger partial charge < -0.3 is 9.67 Å². The molecule has 0 aliphatic carbocycles. The van der Waals surface area contributed by atoms with Crippen LogP contribution in [0.3, 0.4) is 0 Å². The number of pyridine rings is 1. The third-order valence-electron chi connectivity index (χ3n) is 3.55. The Labute approximate surface area is 112 Å². The number of aromatic hydroxyl groups is 1. The highest BCUT2D eigenvalue weighted by Crippen LogP contribution is 2.25. The largest absolute Gasteiger partial charge is 0.503 e. The zero-order chi connectivity index (χ0) is 14.2. The maximum atomic E-state index is 11.4. The van der Waals surface area contributed by atoms with E-state index in [1.165, 1.54) is 22.8 Å². The number of aryl methyl sites for hydroxylation is 1. The number of hydrogen-bond donors (Lipinski definition) is 1. The minimum Gasteiger partial charge on any atom is -0.503 e. The Morgan fingerprint density at radius 1 is 1.32 bits per heavy atom. The Balaban J connectivity index is 2.19. The molecule has 1 aromatic rings. The summed E-state index contributed by atoms with van der Waals surface area (Å²) in [6.07, 6.45) is 4.01. The van der Waals surface area contributed by atoms with Gasteiger partial charge >= 0.3 is 0 Å². The van der Waals surface area contributed by atoms with Gasteiger partial charge in [-0.05, 0) is 19.8 Å². The molecule has 19 heavy (non-hydrogen) atoms. The van der Waals surface area contributed by atoms with Gasteiger partial charge in [0.15, 0.2) is 5.75 Å². The van der Waals surface area contributed by atoms with Gasteiger partial charge in [0.2, 0.25) is 15.5 Å². The molecule has 1 aliphatic heterocycles. The van der Waals surface area contributed by atoms with Crippen molar-refractivity contribution >= 4 is 10.0 Å². The summed E-state index contributed by atoms with van der Waals surface area (Å²) in [7, 11) is -3.13. The molecular formula is C12H18N2O4S. The highest BCUT2D eigenvalue weighted by Gasteiger charge is 2.26. The molecule has 1 aromatic heterocycles. The Hall–Kier alpha value is -1.34. The molecule has 0 bridgehead atoms. The van der Waals surface area contributed by atoms with Crippen molar-refractivity contribution in [3.63, 3.8) is 0 Å². The van der Waals surface area contributed by atoms with Crippen molar-refractivity contribution in [2.45, 2.75) is 25.8 Å². The second-order valence-corrected chi connectivity index (χ2v) is 6.95. The van der Waals surface area contributed by atoms with Crippen LogP contribution in [0.2, 0.25) is 0 Å². The molecule has 0 unspecified atom stereocenters. The van der Waals surface area contributed by atoms with E-state index in [4.69, 9.17) is 0 Å². The summed E-state index contributed by atoms with van der Waals surface area (Å²) in [5, 5.41) is 9.50. The fraction of sp³-hybridized carbons (Fsp3) is 0.583. The topological polar surface area (TPSA) is 79.6 Å². The van der Waals surface area contributed by atoms with Gasteiger partial charge in [-0.2, -0.15) is 0 Å². The third kappa shape index (κ3) is 2.98. The molecule has 1 fully saturated rings. The first kappa shape index (κ1) is 14.1. The maximum absolute atomic E-state index is 11.4. The van der Waals surface area contributed by atoms with Crippen molar-refractivity contribution in [2.75, 3.05) is 19.3 Å². The van der Waals surface area contributed by atoms with Crippen LogP contribution in [0.5, 0.6) is 5.75 Å². The van der Waals surface area contributed by atoms with E-state index in [-0.39, 0.29) is 17.2 Å². The smallest absolute Gasteiger partial charge is 0.223 e. The van der Waals surface area contributed by atoms with Crippen LogP contribution < -0.4 is 5.43 Å². The van der Waals surface area contributed by atoms with Gasteiger partial charge in [-0.1, -0.05) is 0 Å². The number of nitrogens with zero attached hydrogens (tertiary/aromatic N) is 2. The fourth-order valence-corrected chi connectivity index (χ4v) is 3.35. The van der Waals surface area contributed by atoms with E-state index in [9.17, 15) is 18.3 Å². The standard InChI is InChI=1S/C12H18N2O4S/c1-9-7-11(15)12(16)8-14(9)10-3-5-13(6-4-10)19(2,17)18/h7-8,10,16H,3-6H2,1-2H3. The highest BCUT2D eigenvalue weighted by atomic mass is 32.2. The molecule has 0 radical (unpaired) electrons. The molecule has 106 valence electrons. The van der Waals surface area contributed by atoms with Crippen LogP contribution in [0.25, 0.3) is 0 Å². The lowest BCUT2D eigenvalue weighted by Crippen LogP contribution is -2.38. The minimum atomic E-state index is -3.13. The average Bonchev–Trinajstić information content (AvgIpc) is 2.33. The summed E-state index contributed by atoms with van der Waals surface area (Å²) in [6, 6.07) is 1.52. The number of aromatic nitrogens is 1. The summed E-state index contributed by atoms with van der Waals surface area (Å²) in [4.78, 5) is 11.3. The van der Waals surface area contributed by atoms with Crippen molar-refractivity contribution in [3.05, 3.63) is 28.2 Å². The molecule has 0 spiro atoms. The molecule has 0 amide bonds. The Bertz CT molecular complexity index is 628. The number of hydrogen-bond acceptors (Lipinski definition) is 4. The van der Waals surface area contributed by atoms with E-state index in [2.05, 4.69) is 0 Å². The van der Waals surface area contributed by atoms with Gasteiger partial charge in [-0.3, -0.25) is 4.79 Å². The maximum Gasteiger partial charge on any atom is 0.223 e. The Kier molecular flexibility index (Phi) is 3.69. The minimum absolute atomic E-state index is 0.115. The third-order valence-corrected chi connectivity index (χ3v) is 4.85. The van der Waals surface area contributed by atoms with Gasteiger partial charge in [-0.25, -0.2) is 12.7 Å². The number of rotatable bonds is 2. The molecule has 1 N–H and O–H groups in total. The first-order valence-electron chi connectivity index (χ1n) is 6.16. The first-order chi connectivity index (χ1) is 8.79. The molecule has 0 aromatic carbocycles. The quantitative estimate of drug-likeness (QED) is 0.856. The summed E-state index contributed by atoms with van der Waals surface area (Å²) < 4.78 is 26.2. The molecule has 2 heterocycles. The average molecular weight is 286 g/mol. The first-order valence-corrected chi connectivity index (χ1v) is 8.01. The van der Waals surface area contributed by atoms with Crippen molar-refractivity contribution in [1.29, 1.82) is 0 Å². The lowest BCUT2D eigenvalue weighted by Gasteiger charge is -2.32. The fourth-order valence-electron chi connectivity index (χ4n) is 2.48. The van der Waals surface area contributed by atoms with Gasteiger partial charge in [0.25, 0.3) is 0 Å². The second-order valence-electron chi connectivity index (χ2n) is 4.96. The normalized spacial score (nSPS) is 18.6. The molecule has 6 nitrogen and oxygen atoms in total. The SMILES string of the molecule is Cc1cc(=O)c(O)cn1C1CCN(S(C)(=O)=O)CC1. The predicted octanol–water partition coefficient (Wildman–Crippen LogP) is 0.459. The Morgan fingerprint density at radius 2 is 1.89 bits per heavy atom. The summed E-state index contributed by atoms with van der Waals surface area (Å²) in [6.45, 7) is 2.75. The van der Waals surface area contributed by atoms with E-state index < -0.39 is 10.0 Å². The van der Waals surface area contributed by atoms with Gasteiger partial charge in [-0.15, -0.1) is 0 Å². The van der Waals surface area contributed by atoms with Crippen molar-refractivity contribution < 1.29 is 13.5 Å². The van der Waals surface area contributed by atoms with Crippen molar-refractivity contribution in [1.82, 2.24) is 8.87 Å². The van der Waals surface area contributed by atoms with Gasteiger partial charge in [0.05, 0.1) is 12.5 Å². The van der Waals surface area contributed by atoms with E-state index >= 15 is 0 Å². The van der Waals surface area contributed by atoms with Crippen LogP contribution in [0.1, 0.15) is 24.6 Å². The molecule has 1 aliphatic rings. The van der Waals surface area contributed by atoms with Crippen LogP contribution in [-0.4, -0.2) is 41.7 Å². The second kappa shape index (κ2) is 4.97. The van der Waals surface area contributed by atoms with Crippen molar-refractivity contribution in [3.8, 4) is 5.75 Å². The van der Waals surface area contributed by atoms with Crippen LogP contribution in [0.4, 0.5) is 0 Å². The molecule has 2 rings (SSSR count). The molecule has 0 saturated carbocycles. The van der Waals surface area contributed by atoms with E-state index in [1.807, 2.05) is 11.5 Å². The summed E-state index contributed by atoms with van der Waals surface area (Å²) in [5.74, 6) is -0.267. The molecule has 7 heteroatoms. The van der Waals surface area contributed by atoms with Crippen LogP contribution >= 0.6 is 0 Å². The van der Waals surface area contributed by atoms with E-state index in [0.717, 1.165) is 5.69 Å². The van der Waals surface area contributed by atoms with Crippen LogP contribution in [0.15, 0.2) is 17.1 Å². The van der Waals surface area contributed by atoms with Gasteiger partial charge in [0.1, 0.15) is 0 Å². The summed E-state index contributed by atoms with van der Waals surface area (Å²) in [5.41, 5.74) is 0.392. The lowest BCUT2D eigenvalue weighted by molar-refractivity contribution is 0.270. The Morgan fingerprint density at radius 3 is 2.42 bits per heavy atom. The zero-order valence-corrected chi connectivity index (χ0v) is 11.9. The van der Waals surface area contributed by atoms with Crippen molar-refractivity contribution in [2.24, 2.45) is 0 Å². The summed E-state index contributed by atoms with van der Waals surface area (Å²) >= 11 is 0. The number of piperidine rings is 1. The van der Waals surface area contributed by atoms with Crippen LogP contribution in [-0.2, 0) is 10.0 Å². The van der Waals surface area contributed by atoms with E-state index in [0.29, 0.717) is 25.9 Å². The van der Waals surface area contributed by atoms with E-state index in [1.54, 1.807) is 0 Å². The van der Waals surface area contributed by atoms with Crippen LogP contribution in [0, 0.1) is 6.92 Å². The molecule has 1 saturated heterocycles. The number of sulfonamides is 1. The monoisotopic (exact) mass is 286 g/mol. The van der Waals surface area contributed by atoms with Gasteiger partial charge in [0, 0.05) is 30.9 Å². The lowest BCUT2D eigenvalue weighted by atomic mass is 10.1. The highest BCUT2D eigenvalue weighted by molar-refractivity contribution is 7.88. The zero-order valence-electron chi connectivity index (χ0n) is 11.0. The molecular weight excluding hydrogens is 268 g/mol. The predicted molar refractivity (Wildman–Crippen MR) is 71.8 cm³/mol. The molecule has 0 atom stereocenters.